The molecule has 1 amide bonds. The number of carbonyl (C=O) groups is 1. The quantitative estimate of drug-likeness (QED) is 0.851. The van der Waals surface area contributed by atoms with E-state index in [1.165, 1.54) is 5.56 Å². The zero-order valence-electron chi connectivity index (χ0n) is 11.0. The van der Waals surface area contributed by atoms with E-state index in [2.05, 4.69) is 19.2 Å². The molecule has 3 nitrogen and oxygen atoms in total. The lowest BCUT2D eigenvalue weighted by molar-refractivity contribution is -0.124. The average molecular weight is 235 g/mol. The van der Waals surface area contributed by atoms with Gasteiger partial charge in [0.2, 0.25) is 0 Å². The first-order valence-corrected chi connectivity index (χ1v) is 5.98. The summed E-state index contributed by atoms with van der Waals surface area (Å²) in [6.07, 6.45) is 0. The summed E-state index contributed by atoms with van der Waals surface area (Å²) in [5.74, 6) is 1.08. The highest BCUT2D eigenvalue weighted by Gasteiger charge is 2.10. The Morgan fingerprint density at radius 3 is 2.35 bits per heavy atom. The summed E-state index contributed by atoms with van der Waals surface area (Å²) in [4.78, 5) is 11.6. The summed E-state index contributed by atoms with van der Waals surface area (Å²) in [5, 5.41) is 2.90. The van der Waals surface area contributed by atoms with Gasteiger partial charge >= 0.3 is 0 Å². The van der Waals surface area contributed by atoms with Crippen LogP contribution in [0.5, 0.6) is 5.75 Å². The molecule has 0 aliphatic heterocycles. The predicted molar refractivity (Wildman–Crippen MR) is 69.1 cm³/mol. The topological polar surface area (TPSA) is 38.3 Å². The molecule has 94 valence electrons. The second kappa shape index (κ2) is 6.28. The van der Waals surface area contributed by atoms with Crippen LogP contribution in [-0.4, -0.2) is 18.6 Å². The van der Waals surface area contributed by atoms with E-state index < -0.39 is 0 Å². The highest BCUT2D eigenvalue weighted by molar-refractivity contribution is 5.77. The van der Waals surface area contributed by atoms with Crippen molar-refractivity contribution in [3.8, 4) is 5.75 Å². The average Bonchev–Trinajstić information content (AvgIpc) is 2.28. The van der Waals surface area contributed by atoms with Crippen LogP contribution in [0.25, 0.3) is 0 Å². The largest absolute Gasteiger partial charge is 0.484 e. The van der Waals surface area contributed by atoms with Crippen LogP contribution < -0.4 is 10.1 Å². The summed E-state index contributed by atoms with van der Waals surface area (Å²) in [7, 11) is 0. The van der Waals surface area contributed by atoms with Crippen LogP contribution in [0.15, 0.2) is 24.3 Å². The molecule has 0 bridgehead atoms. The van der Waals surface area contributed by atoms with Gasteiger partial charge in [-0.25, -0.2) is 0 Å². The molecule has 0 radical (unpaired) electrons. The zero-order chi connectivity index (χ0) is 12.8. The lowest BCUT2D eigenvalue weighted by Gasteiger charge is -2.17. The molecular weight excluding hydrogens is 214 g/mol. The van der Waals surface area contributed by atoms with E-state index in [-0.39, 0.29) is 18.6 Å². The van der Waals surface area contributed by atoms with Crippen LogP contribution in [0.2, 0.25) is 0 Å². The van der Waals surface area contributed by atoms with Crippen LogP contribution in [0.4, 0.5) is 0 Å². The van der Waals surface area contributed by atoms with Gasteiger partial charge in [0.1, 0.15) is 5.75 Å². The van der Waals surface area contributed by atoms with Gasteiger partial charge < -0.3 is 10.1 Å². The maximum Gasteiger partial charge on any atom is 0.258 e. The van der Waals surface area contributed by atoms with Crippen LogP contribution in [0.3, 0.4) is 0 Å². The van der Waals surface area contributed by atoms with Crippen LogP contribution in [-0.2, 0) is 4.79 Å². The fourth-order valence-corrected chi connectivity index (χ4v) is 1.25. The minimum atomic E-state index is -0.0771. The fourth-order valence-electron chi connectivity index (χ4n) is 1.25. The molecule has 1 aromatic rings. The van der Waals surface area contributed by atoms with Crippen molar-refractivity contribution in [1.29, 1.82) is 0 Å². The molecular formula is C14H21NO2. The second-order valence-electron chi connectivity index (χ2n) is 4.70. The smallest absolute Gasteiger partial charge is 0.258 e. The van der Waals surface area contributed by atoms with E-state index in [9.17, 15) is 4.79 Å². The SMILES string of the molecule is Cc1ccc(OCC(=O)N[C@H](C)C(C)C)cc1. The molecule has 1 atom stereocenters. The summed E-state index contributed by atoms with van der Waals surface area (Å²) in [6, 6.07) is 7.83. The molecule has 0 aliphatic rings. The maximum atomic E-state index is 11.6. The van der Waals surface area contributed by atoms with E-state index in [1.807, 2.05) is 38.1 Å². The minimum absolute atomic E-state index is 0.0696. The first-order chi connectivity index (χ1) is 7.99. The number of carbonyl (C=O) groups excluding carboxylic acids is 1. The third-order valence-corrected chi connectivity index (χ3v) is 2.78. The Morgan fingerprint density at radius 1 is 1.24 bits per heavy atom. The number of ether oxygens (including phenoxy) is 1. The number of aryl methyl sites for hydroxylation is 1. The molecule has 0 saturated heterocycles. The summed E-state index contributed by atoms with van der Waals surface area (Å²) < 4.78 is 5.39. The molecule has 0 spiro atoms. The van der Waals surface area contributed by atoms with Crippen molar-refractivity contribution >= 4 is 5.91 Å². The van der Waals surface area contributed by atoms with Gasteiger partial charge in [-0.05, 0) is 31.9 Å². The molecule has 0 aliphatic carbocycles. The molecule has 1 rings (SSSR count). The van der Waals surface area contributed by atoms with Crippen molar-refractivity contribution in [2.75, 3.05) is 6.61 Å². The van der Waals surface area contributed by atoms with E-state index in [4.69, 9.17) is 4.74 Å². The third kappa shape index (κ3) is 4.89. The summed E-state index contributed by atoms with van der Waals surface area (Å²) in [6.45, 7) is 8.23. The van der Waals surface area contributed by atoms with Gasteiger partial charge in [-0.15, -0.1) is 0 Å². The number of rotatable bonds is 5. The van der Waals surface area contributed by atoms with Gasteiger partial charge in [0.25, 0.3) is 5.91 Å². The number of nitrogens with one attached hydrogen (secondary N) is 1. The highest BCUT2D eigenvalue weighted by Crippen LogP contribution is 2.11. The normalized spacial score (nSPS) is 12.3. The molecule has 0 saturated carbocycles. The van der Waals surface area contributed by atoms with Crippen molar-refractivity contribution in [3.63, 3.8) is 0 Å². The molecule has 1 aromatic carbocycles. The number of amides is 1. The first kappa shape index (κ1) is 13.6. The standard InChI is InChI=1S/C14H21NO2/c1-10(2)12(4)15-14(16)9-17-13-7-5-11(3)6-8-13/h5-8,10,12H,9H2,1-4H3,(H,15,16)/t12-/m1/s1. The Hall–Kier alpha value is -1.51. The van der Waals surface area contributed by atoms with Gasteiger partial charge in [-0.1, -0.05) is 31.5 Å². The van der Waals surface area contributed by atoms with Gasteiger partial charge in [0.05, 0.1) is 0 Å². The van der Waals surface area contributed by atoms with Gasteiger partial charge in [-0.3, -0.25) is 4.79 Å². The van der Waals surface area contributed by atoms with Crippen molar-refractivity contribution < 1.29 is 9.53 Å². The fraction of sp³-hybridized carbons (Fsp3) is 0.500. The van der Waals surface area contributed by atoms with Crippen molar-refractivity contribution in [2.45, 2.75) is 33.7 Å². The first-order valence-electron chi connectivity index (χ1n) is 5.98. The van der Waals surface area contributed by atoms with Gasteiger partial charge in [-0.2, -0.15) is 0 Å². The molecule has 0 aromatic heterocycles. The van der Waals surface area contributed by atoms with E-state index in [1.54, 1.807) is 0 Å². The number of hydrogen-bond acceptors (Lipinski definition) is 2. The predicted octanol–water partition coefficient (Wildman–Crippen LogP) is 2.53. The third-order valence-electron chi connectivity index (χ3n) is 2.78. The van der Waals surface area contributed by atoms with Crippen LogP contribution in [0.1, 0.15) is 26.3 Å². The number of hydrogen-bond donors (Lipinski definition) is 1. The van der Waals surface area contributed by atoms with Crippen molar-refractivity contribution in [2.24, 2.45) is 5.92 Å². The molecule has 1 N–H and O–H groups in total. The molecule has 17 heavy (non-hydrogen) atoms. The minimum Gasteiger partial charge on any atom is -0.484 e. The van der Waals surface area contributed by atoms with E-state index in [0.29, 0.717) is 5.92 Å². The number of benzene rings is 1. The lowest BCUT2D eigenvalue weighted by atomic mass is 10.1. The summed E-state index contributed by atoms with van der Waals surface area (Å²) in [5.41, 5.74) is 1.18. The summed E-state index contributed by atoms with van der Waals surface area (Å²) >= 11 is 0. The van der Waals surface area contributed by atoms with Gasteiger partial charge in [0, 0.05) is 6.04 Å². The Morgan fingerprint density at radius 2 is 1.82 bits per heavy atom. The van der Waals surface area contributed by atoms with Crippen LogP contribution >= 0.6 is 0 Å². The second-order valence-corrected chi connectivity index (χ2v) is 4.70. The maximum absolute atomic E-state index is 11.6. The Balaban J connectivity index is 2.35. The van der Waals surface area contributed by atoms with Crippen molar-refractivity contribution in [1.82, 2.24) is 5.32 Å². The van der Waals surface area contributed by atoms with Crippen molar-refractivity contribution in [3.05, 3.63) is 29.8 Å². The lowest BCUT2D eigenvalue weighted by Crippen LogP contribution is -2.38. The Labute approximate surface area is 103 Å². The Kier molecular flexibility index (Phi) is 5.01. The van der Waals surface area contributed by atoms with Gasteiger partial charge in [0.15, 0.2) is 6.61 Å². The molecule has 0 fully saturated rings. The van der Waals surface area contributed by atoms with E-state index >= 15 is 0 Å². The molecule has 0 unspecified atom stereocenters. The molecule has 3 heteroatoms. The zero-order valence-corrected chi connectivity index (χ0v) is 11.0. The van der Waals surface area contributed by atoms with Crippen LogP contribution in [0, 0.1) is 12.8 Å². The highest BCUT2D eigenvalue weighted by atomic mass is 16.5. The Bertz CT molecular complexity index is 357. The molecule has 0 heterocycles. The van der Waals surface area contributed by atoms with E-state index in [0.717, 1.165) is 5.75 Å². The monoisotopic (exact) mass is 235 g/mol.